The maximum absolute atomic E-state index is 12.7. The zero-order valence-corrected chi connectivity index (χ0v) is 18.7. The van der Waals surface area contributed by atoms with Crippen LogP contribution >= 0.6 is 11.6 Å². The Labute approximate surface area is 200 Å². The number of aromatic nitrogens is 2. The van der Waals surface area contributed by atoms with Crippen molar-refractivity contribution in [3.05, 3.63) is 89.3 Å². The van der Waals surface area contributed by atoms with Crippen LogP contribution in [0.3, 0.4) is 0 Å². The van der Waals surface area contributed by atoms with Gasteiger partial charge in [0.1, 0.15) is 11.8 Å². The van der Waals surface area contributed by atoms with Gasteiger partial charge in [0.05, 0.1) is 0 Å². The quantitative estimate of drug-likeness (QED) is 0.396. The van der Waals surface area contributed by atoms with Gasteiger partial charge in [0.15, 0.2) is 18.1 Å². The summed E-state index contributed by atoms with van der Waals surface area (Å²) in [5, 5.41) is 7.64. The lowest BCUT2D eigenvalue weighted by molar-refractivity contribution is -0.124. The van der Waals surface area contributed by atoms with Gasteiger partial charge in [-0.1, -0.05) is 47.1 Å². The van der Waals surface area contributed by atoms with E-state index in [1.807, 2.05) is 36.4 Å². The van der Waals surface area contributed by atoms with E-state index in [-0.39, 0.29) is 25.2 Å². The average Bonchev–Trinajstić information content (AvgIpc) is 3.53. The molecule has 3 aromatic carbocycles. The molecule has 0 saturated carbocycles. The Kier molecular flexibility index (Phi) is 6.31. The SMILES string of the molecule is O=C(COc1ccc(Cl)cc1)N[C@@H](Cc1ccccc1)c1nc(-c2ccc3c(c2)OCO3)no1. The predicted molar refractivity (Wildman–Crippen MR) is 124 cm³/mol. The summed E-state index contributed by atoms with van der Waals surface area (Å²) < 4.78 is 21.9. The summed E-state index contributed by atoms with van der Waals surface area (Å²) in [5.74, 6) is 2.19. The Morgan fingerprint density at radius 1 is 1.03 bits per heavy atom. The third-order valence-corrected chi connectivity index (χ3v) is 5.42. The lowest BCUT2D eigenvalue weighted by atomic mass is 10.1. The Morgan fingerprint density at radius 2 is 1.82 bits per heavy atom. The highest BCUT2D eigenvalue weighted by molar-refractivity contribution is 6.30. The van der Waals surface area contributed by atoms with E-state index in [9.17, 15) is 4.79 Å². The van der Waals surface area contributed by atoms with Crippen LogP contribution in [0.5, 0.6) is 17.2 Å². The van der Waals surface area contributed by atoms with E-state index in [2.05, 4.69) is 15.5 Å². The Balaban J connectivity index is 1.32. The molecule has 8 nitrogen and oxygen atoms in total. The van der Waals surface area contributed by atoms with Crippen molar-refractivity contribution < 1.29 is 23.5 Å². The van der Waals surface area contributed by atoms with Crippen LogP contribution in [0.4, 0.5) is 0 Å². The number of rotatable bonds is 8. The number of ether oxygens (including phenoxy) is 3. The van der Waals surface area contributed by atoms with Gasteiger partial charge in [-0.25, -0.2) is 0 Å². The normalized spacial score (nSPS) is 12.9. The number of benzene rings is 3. The molecule has 0 spiro atoms. The first kappa shape index (κ1) is 21.8. The highest BCUT2D eigenvalue weighted by Crippen LogP contribution is 2.35. The Morgan fingerprint density at radius 3 is 2.65 bits per heavy atom. The molecule has 1 aromatic heterocycles. The molecule has 1 atom stereocenters. The first-order valence-corrected chi connectivity index (χ1v) is 11.0. The second kappa shape index (κ2) is 9.84. The van der Waals surface area contributed by atoms with Gasteiger partial charge < -0.3 is 24.1 Å². The van der Waals surface area contributed by atoms with Crippen molar-refractivity contribution in [1.82, 2.24) is 15.5 Å². The van der Waals surface area contributed by atoms with Crippen molar-refractivity contribution >= 4 is 17.5 Å². The van der Waals surface area contributed by atoms with Crippen LogP contribution in [0.1, 0.15) is 17.5 Å². The van der Waals surface area contributed by atoms with E-state index in [1.165, 1.54) is 0 Å². The molecule has 1 aliphatic heterocycles. The van der Waals surface area contributed by atoms with Crippen molar-refractivity contribution in [3.63, 3.8) is 0 Å². The largest absolute Gasteiger partial charge is 0.484 e. The number of hydrogen-bond acceptors (Lipinski definition) is 7. The van der Waals surface area contributed by atoms with Crippen LogP contribution in [0.25, 0.3) is 11.4 Å². The van der Waals surface area contributed by atoms with E-state index >= 15 is 0 Å². The van der Waals surface area contributed by atoms with Crippen LogP contribution in [-0.2, 0) is 11.2 Å². The second-order valence-corrected chi connectivity index (χ2v) is 8.01. The summed E-state index contributed by atoms with van der Waals surface area (Å²) in [6, 6.07) is 21.4. The van der Waals surface area contributed by atoms with Crippen molar-refractivity contribution in [2.24, 2.45) is 0 Å². The first-order chi connectivity index (χ1) is 16.6. The van der Waals surface area contributed by atoms with Gasteiger partial charge in [0, 0.05) is 17.0 Å². The minimum Gasteiger partial charge on any atom is -0.484 e. The number of nitrogens with one attached hydrogen (secondary N) is 1. The molecule has 0 aliphatic carbocycles. The van der Waals surface area contributed by atoms with Crippen molar-refractivity contribution in [2.75, 3.05) is 13.4 Å². The molecule has 0 radical (unpaired) electrons. The molecule has 4 aromatic rings. The van der Waals surface area contributed by atoms with E-state index in [4.69, 9.17) is 30.3 Å². The van der Waals surface area contributed by atoms with Gasteiger partial charge in [-0.15, -0.1) is 0 Å². The summed E-state index contributed by atoms with van der Waals surface area (Å²) >= 11 is 5.89. The highest BCUT2D eigenvalue weighted by Gasteiger charge is 2.23. The van der Waals surface area contributed by atoms with Gasteiger partial charge in [-0.2, -0.15) is 4.98 Å². The standard InChI is InChI=1S/C25H20ClN3O5/c26-18-7-9-19(10-8-18)31-14-23(30)27-20(12-16-4-2-1-3-5-16)25-28-24(29-34-25)17-6-11-21-22(13-17)33-15-32-21/h1-11,13,20H,12,14-15H2,(H,27,30)/t20-/m0/s1. The van der Waals surface area contributed by atoms with Crippen LogP contribution < -0.4 is 19.5 Å². The summed E-state index contributed by atoms with van der Waals surface area (Å²) in [4.78, 5) is 17.2. The zero-order chi connectivity index (χ0) is 23.3. The van der Waals surface area contributed by atoms with Gasteiger partial charge in [-0.05, 0) is 48.0 Å². The molecular formula is C25H20ClN3O5. The third kappa shape index (κ3) is 5.13. The van der Waals surface area contributed by atoms with E-state index < -0.39 is 6.04 Å². The fourth-order valence-corrected chi connectivity index (χ4v) is 3.62. The van der Waals surface area contributed by atoms with Crippen molar-refractivity contribution in [2.45, 2.75) is 12.5 Å². The lowest BCUT2D eigenvalue weighted by Gasteiger charge is -2.15. The molecule has 0 bridgehead atoms. The fraction of sp³-hybridized carbons (Fsp3) is 0.160. The summed E-state index contributed by atoms with van der Waals surface area (Å²) in [7, 11) is 0. The van der Waals surface area contributed by atoms with E-state index in [0.717, 1.165) is 11.1 Å². The number of hydrogen-bond donors (Lipinski definition) is 1. The highest BCUT2D eigenvalue weighted by atomic mass is 35.5. The van der Waals surface area contributed by atoms with Gasteiger partial charge >= 0.3 is 0 Å². The van der Waals surface area contributed by atoms with Gasteiger partial charge in [-0.3, -0.25) is 4.79 Å². The molecule has 0 fully saturated rings. The van der Waals surface area contributed by atoms with Crippen LogP contribution in [0.2, 0.25) is 5.02 Å². The van der Waals surface area contributed by atoms with Crippen LogP contribution in [-0.4, -0.2) is 29.4 Å². The molecule has 5 rings (SSSR count). The fourth-order valence-electron chi connectivity index (χ4n) is 3.50. The van der Waals surface area contributed by atoms with Crippen LogP contribution in [0.15, 0.2) is 77.3 Å². The van der Waals surface area contributed by atoms with Crippen molar-refractivity contribution in [1.29, 1.82) is 0 Å². The average molecular weight is 478 g/mol. The zero-order valence-electron chi connectivity index (χ0n) is 17.9. The van der Waals surface area contributed by atoms with E-state index in [0.29, 0.717) is 34.5 Å². The number of nitrogens with zero attached hydrogens (tertiary/aromatic N) is 2. The maximum Gasteiger partial charge on any atom is 0.258 e. The molecular weight excluding hydrogens is 458 g/mol. The molecule has 9 heteroatoms. The van der Waals surface area contributed by atoms with Gasteiger partial charge in [0.25, 0.3) is 5.91 Å². The van der Waals surface area contributed by atoms with E-state index in [1.54, 1.807) is 36.4 Å². The second-order valence-electron chi connectivity index (χ2n) is 7.58. The molecule has 1 aliphatic rings. The molecule has 34 heavy (non-hydrogen) atoms. The number of carbonyl (C=O) groups excluding carboxylic acids is 1. The lowest BCUT2D eigenvalue weighted by Crippen LogP contribution is -2.34. The summed E-state index contributed by atoms with van der Waals surface area (Å²) in [6.07, 6.45) is 0.469. The number of amides is 1. The number of halogens is 1. The summed E-state index contributed by atoms with van der Waals surface area (Å²) in [6.45, 7) is 0.00955. The smallest absolute Gasteiger partial charge is 0.258 e. The number of carbonyl (C=O) groups is 1. The Bertz CT molecular complexity index is 1280. The van der Waals surface area contributed by atoms with Gasteiger partial charge in [0.2, 0.25) is 18.5 Å². The monoisotopic (exact) mass is 477 g/mol. The topological polar surface area (TPSA) is 95.7 Å². The van der Waals surface area contributed by atoms with Crippen molar-refractivity contribution in [3.8, 4) is 28.6 Å². The molecule has 1 N–H and O–H groups in total. The molecule has 0 saturated heterocycles. The van der Waals surface area contributed by atoms with Crippen LogP contribution in [0, 0.1) is 0 Å². The predicted octanol–water partition coefficient (Wildman–Crippen LogP) is 4.60. The minimum atomic E-state index is -0.543. The Hall–Kier alpha value is -4.04. The first-order valence-electron chi connectivity index (χ1n) is 10.6. The number of fused-ring (bicyclic) bond motifs is 1. The third-order valence-electron chi connectivity index (χ3n) is 5.17. The molecule has 1 amide bonds. The maximum atomic E-state index is 12.7. The molecule has 2 heterocycles. The molecule has 172 valence electrons. The molecule has 0 unspecified atom stereocenters. The summed E-state index contributed by atoms with van der Waals surface area (Å²) in [5.41, 5.74) is 1.73. The minimum absolute atomic E-state index is 0.171.